The maximum absolute atomic E-state index is 12.3. The number of urea groups is 1. The Kier molecular flexibility index (Phi) is 2.63. The van der Waals surface area contributed by atoms with Crippen molar-refractivity contribution in [3.8, 4) is 18.1 Å². The van der Waals surface area contributed by atoms with Crippen molar-refractivity contribution < 1.29 is 19.5 Å². The summed E-state index contributed by atoms with van der Waals surface area (Å²) in [6.45, 7) is 0.135. The number of aromatic hydroxyl groups is 1. The van der Waals surface area contributed by atoms with Crippen LogP contribution in [0.1, 0.15) is 15.9 Å². The van der Waals surface area contributed by atoms with E-state index in [9.17, 15) is 19.5 Å². The fourth-order valence-electron chi connectivity index (χ4n) is 2.51. The van der Waals surface area contributed by atoms with Gasteiger partial charge >= 0.3 is 6.03 Å². The van der Waals surface area contributed by atoms with Crippen molar-refractivity contribution in [1.82, 2.24) is 15.5 Å². The Morgan fingerprint density at radius 3 is 2.76 bits per heavy atom. The molecule has 0 saturated carbocycles. The summed E-state index contributed by atoms with van der Waals surface area (Å²) in [5, 5.41) is 13.9. The second-order valence-electron chi connectivity index (χ2n) is 4.96. The smallest absolute Gasteiger partial charge is 0.323 e. The number of terminal acetylenes is 1. The lowest BCUT2D eigenvalue weighted by atomic mass is 10.0. The van der Waals surface area contributed by atoms with Crippen molar-refractivity contribution in [2.24, 2.45) is 0 Å². The molecule has 0 aliphatic carbocycles. The van der Waals surface area contributed by atoms with E-state index in [0.29, 0.717) is 5.56 Å². The zero-order chi connectivity index (χ0) is 15.2. The van der Waals surface area contributed by atoms with Crippen molar-refractivity contribution in [2.45, 2.75) is 12.1 Å². The number of carbonyl (C=O) groups excluding carboxylic acids is 3. The highest BCUT2D eigenvalue weighted by atomic mass is 16.3. The average molecular weight is 285 g/mol. The lowest BCUT2D eigenvalue weighted by Gasteiger charge is -2.26. The number of benzene rings is 1. The molecule has 0 radical (unpaired) electrons. The summed E-state index contributed by atoms with van der Waals surface area (Å²) < 4.78 is 0. The highest BCUT2D eigenvalue weighted by molar-refractivity contribution is 6.10. The number of hydrogen-bond donors (Lipinski definition) is 3. The van der Waals surface area contributed by atoms with Gasteiger partial charge in [0.1, 0.15) is 5.75 Å². The van der Waals surface area contributed by atoms with E-state index in [1.807, 2.05) is 0 Å². The van der Waals surface area contributed by atoms with E-state index >= 15 is 0 Å². The van der Waals surface area contributed by atoms with Crippen LogP contribution < -0.4 is 10.6 Å². The first-order chi connectivity index (χ1) is 9.95. The van der Waals surface area contributed by atoms with Crippen molar-refractivity contribution in [2.75, 3.05) is 6.54 Å². The molecule has 1 aromatic carbocycles. The van der Waals surface area contributed by atoms with Gasteiger partial charge in [-0.1, -0.05) is 12.0 Å². The molecule has 2 aliphatic rings. The number of phenols is 1. The Bertz CT molecular complexity index is 721. The number of hydrogen-bond acceptors (Lipinski definition) is 4. The minimum atomic E-state index is -1.56. The van der Waals surface area contributed by atoms with Crippen LogP contribution in [-0.4, -0.2) is 39.9 Å². The van der Waals surface area contributed by atoms with Gasteiger partial charge in [-0.3, -0.25) is 14.9 Å². The third kappa shape index (κ3) is 1.89. The van der Waals surface area contributed by atoms with Gasteiger partial charge in [0.25, 0.3) is 11.8 Å². The molecule has 0 aromatic heterocycles. The number of amides is 4. The number of imide groups is 1. The van der Waals surface area contributed by atoms with Crippen LogP contribution in [0.25, 0.3) is 0 Å². The topological polar surface area (TPSA) is 98.7 Å². The normalized spacial score (nSPS) is 23.6. The molecule has 1 saturated heterocycles. The Morgan fingerprint density at radius 1 is 1.38 bits per heavy atom. The first kappa shape index (κ1) is 13.0. The van der Waals surface area contributed by atoms with Gasteiger partial charge in [0.2, 0.25) is 0 Å². The monoisotopic (exact) mass is 285 g/mol. The van der Waals surface area contributed by atoms with Gasteiger partial charge in [-0.2, -0.15) is 0 Å². The molecule has 2 aliphatic heterocycles. The third-order valence-corrected chi connectivity index (χ3v) is 3.59. The van der Waals surface area contributed by atoms with Gasteiger partial charge in [0, 0.05) is 12.1 Å². The Hall–Kier alpha value is -3.01. The molecule has 0 bridgehead atoms. The summed E-state index contributed by atoms with van der Waals surface area (Å²) >= 11 is 0. The maximum Gasteiger partial charge on any atom is 0.323 e. The van der Waals surface area contributed by atoms with Crippen LogP contribution in [0.3, 0.4) is 0 Å². The van der Waals surface area contributed by atoms with Crippen LogP contribution in [0.5, 0.6) is 5.75 Å². The Morgan fingerprint density at radius 2 is 2.14 bits per heavy atom. The number of phenolic OH excluding ortho intramolecular Hbond substituents is 1. The largest absolute Gasteiger partial charge is 0.508 e. The molecule has 1 aromatic rings. The molecule has 7 nitrogen and oxygen atoms in total. The fourth-order valence-corrected chi connectivity index (χ4v) is 2.51. The molecule has 106 valence electrons. The molecule has 1 atom stereocenters. The van der Waals surface area contributed by atoms with Crippen molar-refractivity contribution in [1.29, 1.82) is 0 Å². The van der Waals surface area contributed by atoms with E-state index in [0.717, 1.165) is 5.56 Å². The van der Waals surface area contributed by atoms with E-state index < -0.39 is 17.5 Å². The molecule has 0 unspecified atom stereocenters. The van der Waals surface area contributed by atoms with Crippen molar-refractivity contribution in [3.63, 3.8) is 0 Å². The minimum absolute atomic E-state index is 0.0116. The van der Waals surface area contributed by atoms with Gasteiger partial charge in [0.05, 0.1) is 6.54 Å². The number of nitrogens with zero attached hydrogens (tertiary/aromatic N) is 1. The predicted octanol–water partition coefficient (Wildman–Crippen LogP) is -0.441. The number of nitrogens with one attached hydrogen (secondary N) is 2. The molecule has 3 N–H and O–H groups in total. The molecule has 0 spiro atoms. The molecule has 7 heteroatoms. The molecule has 2 heterocycles. The van der Waals surface area contributed by atoms with Gasteiger partial charge < -0.3 is 15.3 Å². The average Bonchev–Trinajstić information content (AvgIpc) is 2.89. The van der Waals surface area contributed by atoms with Gasteiger partial charge in [0.15, 0.2) is 5.54 Å². The lowest BCUT2D eigenvalue weighted by Crippen LogP contribution is -2.54. The summed E-state index contributed by atoms with van der Waals surface area (Å²) in [6.07, 6.45) is 5.37. The van der Waals surface area contributed by atoms with Crippen LogP contribution in [0, 0.1) is 12.3 Å². The summed E-state index contributed by atoms with van der Waals surface area (Å²) in [6, 6.07) is 3.81. The van der Waals surface area contributed by atoms with E-state index in [-0.39, 0.29) is 24.7 Å². The molecular weight excluding hydrogens is 274 g/mol. The van der Waals surface area contributed by atoms with E-state index in [1.165, 1.54) is 17.0 Å². The SMILES string of the molecule is C#C[C@]1(CN2Cc3ccc(O)cc3C2=O)NC(=O)NC1=O. The number of carbonyl (C=O) groups is 3. The minimum Gasteiger partial charge on any atom is -0.508 e. The second-order valence-corrected chi connectivity index (χ2v) is 4.96. The maximum atomic E-state index is 12.3. The third-order valence-electron chi connectivity index (χ3n) is 3.59. The zero-order valence-corrected chi connectivity index (χ0v) is 10.8. The molecule has 1 fully saturated rings. The summed E-state index contributed by atoms with van der Waals surface area (Å²) in [5.74, 6) is 1.25. The van der Waals surface area contributed by atoms with Crippen LogP contribution in [0.4, 0.5) is 4.79 Å². The lowest BCUT2D eigenvalue weighted by molar-refractivity contribution is -0.122. The quantitative estimate of drug-likeness (QED) is 0.506. The highest BCUT2D eigenvalue weighted by Crippen LogP contribution is 2.27. The first-order valence-electron chi connectivity index (χ1n) is 6.18. The van der Waals surface area contributed by atoms with E-state index in [4.69, 9.17) is 6.42 Å². The second kappa shape index (κ2) is 4.24. The Balaban J connectivity index is 1.88. The van der Waals surface area contributed by atoms with Crippen LogP contribution in [0.15, 0.2) is 18.2 Å². The van der Waals surface area contributed by atoms with Crippen LogP contribution >= 0.6 is 0 Å². The highest BCUT2D eigenvalue weighted by Gasteiger charge is 2.48. The van der Waals surface area contributed by atoms with Gasteiger partial charge in [-0.25, -0.2) is 4.79 Å². The molecule has 4 amide bonds. The summed E-state index contributed by atoms with van der Waals surface area (Å²) in [4.78, 5) is 36.8. The fraction of sp³-hybridized carbons (Fsp3) is 0.214. The zero-order valence-electron chi connectivity index (χ0n) is 10.8. The van der Waals surface area contributed by atoms with Crippen LogP contribution in [0.2, 0.25) is 0 Å². The van der Waals surface area contributed by atoms with E-state index in [2.05, 4.69) is 16.6 Å². The summed E-state index contributed by atoms with van der Waals surface area (Å²) in [7, 11) is 0. The van der Waals surface area contributed by atoms with Gasteiger partial charge in [-0.05, 0) is 17.7 Å². The van der Waals surface area contributed by atoms with Crippen LogP contribution in [-0.2, 0) is 11.3 Å². The summed E-state index contributed by atoms with van der Waals surface area (Å²) in [5.41, 5.74) is -0.460. The first-order valence-corrected chi connectivity index (χ1v) is 6.18. The molecule has 21 heavy (non-hydrogen) atoms. The number of rotatable bonds is 2. The predicted molar refractivity (Wildman–Crippen MR) is 71.1 cm³/mol. The van der Waals surface area contributed by atoms with Gasteiger partial charge in [-0.15, -0.1) is 6.42 Å². The van der Waals surface area contributed by atoms with Crippen molar-refractivity contribution >= 4 is 17.8 Å². The van der Waals surface area contributed by atoms with Crippen molar-refractivity contribution in [3.05, 3.63) is 29.3 Å². The number of fused-ring (bicyclic) bond motifs is 1. The molecular formula is C14H11N3O4. The van der Waals surface area contributed by atoms with E-state index in [1.54, 1.807) is 6.07 Å². The standard InChI is InChI=1S/C14H11N3O4/c1-2-14(12(20)15-13(21)16-14)7-17-6-8-3-4-9(18)5-10(8)11(17)19/h1,3-5,18H,6-7H2,(H2,15,16,20,21)/t14-/m1/s1. The Labute approximate surface area is 119 Å². The molecule has 3 rings (SSSR count).